The molecule has 28 heavy (non-hydrogen) atoms. The first-order chi connectivity index (χ1) is 13.7. The van der Waals surface area contributed by atoms with Gasteiger partial charge in [-0.2, -0.15) is 0 Å². The Kier molecular flexibility index (Phi) is 5.58. The molecular formula is C22H25N3O3. The Morgan fingerprint density at radius 2 is 1.68 bits per heavy atom. The van der Waals surface area contributed by atoms with E-state index in [9.17, 15) is 9.59 Å². The average Bonchev–Trinajstić information content (AvgIpc) is 3.19. The summed E-state index contributed by atoms with van der Waals surface area (Å²) in [6.45, 7) is 3.14. The van der Waals surface area contributed by atoms with Crippen LogP contribution in [-0.4, -0.2) is 49.6 Å². The molecule has 2 aromatic rings. The van der Waals surface area contributed by atoms with Gasteiger partial charge in [0.05, 0.1) is 13.2 Å². The molecule has 2 amide bonds. The number of benzene rings is 2. The largest absolute Gasteiger partial charge is 0.378 e. The number of nitrogens with zero attached hydrogens (tertiary/aromatic N) is 2. The van der Waals surface area contributed by atoms with Gasteiger partial charge in [0.25, 0.3) is 0 Å². The third kappa shape index (κ3) is 4.02. The maximum Gasteiger partial charge on any atom is 0.249 e. The van der Waals surface area contributed by atoms with Crippen LogP contribution in [-0.2, 0) is 14.3 Å². The molecule has 0 aromatic heterocycles. The van der Waals surface area contributed by atoms with Crippen molar-refractivity contribution in [3.8, 4) is 0 Å². The number of carbonyl (C=O) groups excluding carboxylic acids is 2. The Balaban J connectivity index is 1.53. The van der Waals surface area contributed by atoms with Gasteiger partial charge in [-0.05, 0) is 36.2 Å². The van der Waals surface area contributed by atoms with Gasteiger partial charge in [-0.25, -0.2) is 0 Å². The van der Waals surface area contributed by atoms with E-state index in [-0.39, 0.29) is 11.8 Å². The van der Waals surface area contributed by atoms with E-state index in [0.29, 0.717) is 32.7 Å². The molecule has 2 fully saturated rings. The normalized spacial score (nSPS) is 18.2. The zero-order valence-corrected chi connectivity index (χ0v) is 15.8. The SMILES string of the molecule is O=C(C(Nc1ccc(N2CCCC2=O)cc1)c1ccccc1)N1CCOCC1. The molecule has 1 unspecified atom stereocenters. The lowest BCUT2D eigenvalue weighted by molar-refractivity contribution is -0.136. The van der Waals surface area contributed by atoms with E-state index in [1.807, 2.05) is 64.4 Å². The highest BCUT2D eigenvalue weighted by atomic mass is 16.5. The predicted octanol–water partition coefficient (Wildman–Crippen LogP) is 2.83. The van der Waals surface area contributed by atoms with Gasteiger partial charge >= 0.3 is 0 Å². The number of morpholine rings is 1. The Hall–Kier alpha value is -2.86. The van der Waals surface area contributed by atoms with Crippen LogP contribution in [0.25, 0.3) is 0 Å². The van der Waals surface area contributed by atoms with E-state index in [1.54, 1.807) is 0 Å². The molecule has 6 nitrogen and oxygen atoms in total. The minimum atomic E-state index is -0.460. The molecule has 146 valence electrons. The van der Waals surface area contributed by atoms with Crippen molar-refractivity contribution in [1.29, 1.82) is 0 Å². The molecule has 1 atom stereocenters. The van der Waals surface area contributed by atoms with Crippen LogP contribution in [0.2, 0.25) is 0 Å². The van der Waals surface area contributed by atoms with Crippen LogP contribution in [0.4, 0.5) is 11.4 Å². The van der Waals surface area contributed by atoms with Crippen LogP contribution in [0.3, 0.4) is 0 Å². The molecule has 2 aromatic carbocycles. The molecular weight excluding hydrogens is 354 g/mol. The summed E-state index contributed by atoms with van der Waals surface area (Å²) in [6, 6.07) is 17.0. The second kappa shape index (κ2) is 8.44. The Morgan fingerprint density at radius 1 is 0.964 bits per heavy atom. The molecule has 6 heteroatoms. The fraction of sp³-hybridized carbons (Fsp3) is 0.364. The van der Waals surface area contributed by atoms with Crippen molar-refractivity contribution < 1.29 is 14.3 Å². The quantitative estimate of drug-likeness (QED) is 0.868. The lowest BCUT2D eigenvalue weighted by atomic mass is 10.0. The van der Waals surface area contributed by atoms with E-state index in [0.717, 1.165) is 29.9 Å². The third-order valence-corrected chi connectivity index (χ3v) is 5.27. The van der Waals surface area contributed by atoms with Crippen molar-refractivity contribution in [3.63, 3.8) is 0 Å². The van der Waals surface area contributed by atoms with E-state index in [4.69, 9.17) is 4.74 Å². The van der Waals surface area contributed by atoms with Gasteiger partial charge in [-0.1, -0.05) is 30.3 Å². The average molecular weight is 379 g/mol. The fourth-order valence-electron chi connectivity index (χ4n) is 3.72. The van der Waals surface area contributed by atoms with Crippen LogP contribution in [0.5, 0.6) is 0 Å². The summed E-state index contributed by atoms with van der Waals surface area (Å²) < 4.78 is 5.38. The van der Waals surface area contributed by atoms with Gasteiger partial charge in [0.15, 0.2) is 0 Å². The molecule has 0 saturated carbocycles. The molecule has 2 aliphatic rings. The number of nitrogens with one attached hydrogen (secondary N) is 1. The first-order valence-electron chi connectivity index (χ1n) is 9.81. The number of carbonyl (C=O) groups is 2. The van der Waals surface area contributed by atoms with Crippen molar-refractivity contribution in [2.75, 3.05) is 43.1 Å². The molecule has 0 bridgehead atoms. The molecule has 0 radical (unpaired) electrons. The van der Waals surface area contributed by atoms with Crippen molar-refractivity contribution in [1.82, 2.24) is 4.90 Å². The summed E-state index contributed by atoms with van der Waals surface area (Å²) in [6.07, 6.45) is 1.52. The standard InChI is InChI=1S/C22H25N3O3/c26-20-7-4-12-25(20)19-10-8-18(9-11-19)23-21(17-5-2-1-3-6-17)22(27)24-13-15-28-16-14-24/h1-3,5-6,8-11,21,23H,4,7,12-16H2. The molecule has 2 saturated heterocycles. The smallest absolute Gasteiger partial charge is 0.249 e. The molecule has 2 heterocycles. The van der Waals surface area contributed by atoms with Crippen LogP contribution >= 0.6 is 0 Å². The summed E-state index contributed by atoms with van der Waals surface area (Å²) in [5.41, 5.74) is 2.69. The molecule has 1 N–H and O–H groups in total. The van der Waals surface area contributed by atoms with Gasteiger partial charge < -0.3 is 19.9 Å². The fourth-order valence-corrected chi connectivity index (χ4v) is 3.72. The van der Waals surface area contributed by atoms with Crippen LogP contribution < -0.4 is 10.2 Å². The number of amides is 2. The zero-order valence-electron chi connectivity index (χ0n) is 15.8. The van der Waals surface area contributed by atoms with Gasteiger partial charge in [0.1, 0.15) is 6.04 Å². The summed E-state index contributed by atoms with van der Waals surface area (Å²) in [5, 5.41) is 3.39. The summed E-state index contributed by atoms with van der Waals surface area (Å²) in [4.78, 5) is 28.8. The summed E-state index contributed by atoms with van der Waals surface area (Å²) in [7, 11) is 0. The van der Waals surface area contributed by atoms with Crippen LogP contribution in [0, 0.1) is 0 Å². The number of ether oxygens (including phenoxy) is 1. The van der Waals surface area contributed by atoms with Crippen molar-refractivity contribution >= 4 is 23.2 Å². The number of hydrogen-bond donors (Lipinski definition) is 1. The van der Waals surface area contributed by atoms with E-state index in [2.05, 4.69) is 5.32 Å². The summed E-state index contributed by atoms with van der Waals surface area (Å²) in [5.74, 6) is 0.221. The Morgan fingerprint density at radius 3 is 2.32 bits per heavy atom. The highest BCUT2D eigenvalue weighted by molar-refractivity contribution is 5.95. The summed E-state index contributed by atoms with van der Waals surface area (Å²) >= 11 is 0. The minimum Gasteiger partial charge on any atom is -0.378 e. The number of hydrogen-bond acceptors (Lipinski definition) is 4. The maximum absolute atomic E-state index is 13.2. The van der Waals surface area contributed by atoms with Gasteiger partial charge in [-0.3, -0.25) is 9.59 Å². The van der Waals surface area contributed by atoms with Gasteiger partial charge in [0, 0.05) is 37.4 Å². The van der Waals surface area contributed by atoms with Crippen molar-refractivity contribution in [3.05, 3.63) is 60.2 Å². The van der Waals surface area contributed by atoms with Crippen LogP contribution in [0.1, 0.15) is 24.4 Å². The highest BCUT2D eigenvalue weighted by Crippen LogP contribution is 2.26. The van der Waals surface area contributed by atoms with Crippen molar-refractivity contribution in [2.45, 2.75) is 18.9 Å². The van der Waals surface area contributed by atoms with E-state index < -0.39 is 6.04 Å². The number of rotatable bonds is 5. The lowest BCUT2D eigenvalue weighted by Crippen LogP contribution is -2.44. The second-order valence-electron chi connectivity index (χ2n) is 7.12. The van der Waals surface area contributed by atoms with Crippen LogP contribution in [0.15, 0.2) is 54.6 Å². The minimum absolute atomic E-state index is 0.0493. The van der Waals surface area contributed by atoms with Gasteiger partial charge in [0.2, 0.25) is 11.8 Å². The Labute approximate surface area is 165 Å². The van der Waals surface area contributed by atoms with Gasteiger partial charge in [-0.15, -0.1) is 0 Å². The lowest BCUT2D eigenvalue weighted by Gasteiger charge is -2.31. The van der Waals surface area contributed by atoms with E-state index >= 15 is 0 Å². The third-order valence-electron chi connectivity index (χ3n) is 5.27. The highest BCUT2D eigenvalue weighted by Gasteiger charge is 2.27. The maximum atomic E-state index is 13.2. The Bertz CT molecular complexity index is 817. The first-order valence-corrected chi connectivity index (χ1v) is 9.81. The van der Waals surface area contributed by atoms with Crippen molar-refractivity contribution in [2.24, 2.45) is 0 Å². The van der Waals surface area contributed by atoms with E-state index in [1.165, 1.54) is 0 Å². The molecule has 0 aliphatic carbocycles. The molecule has 4 rings (SSSR count). The first kappa shape index (κ1) is 18.5. The predicted molar refractivity (Wildman–Crippen MR) is 108 cm³/mol. The topological polar surface area (TPSA) is 61.9 Å². The number of anilines is 2. The zero-order chi connectivity index (χ0) is 19.3. The molecule has 0 spiro atoms. The molecule has 2 aliphatic heterocycles. The monoisotopic (exact) mass is 379 g/mol. The second-order valence-corrected chi connectivity index (χ2v) is 7.12.